The van der Waals surface area contributed by atoms with Crippen molar-refractivity contribution in [2.45, 2.75) is 9.79 Å². The number of hydrogen-bond acceptors (Lipinski definition) is 10. The van der Waals surface area contributed by atoms with Crippen molar-refractivity contribution in [3.63, 3.8) is 0 Å². The largest absolute Gasteiger partial charge is 3.00 e. The van der Waals surface area contributed by atoms with Crippen LogP contribution in [0.15, 0.2) is 34.1 Å². The number of carboxylic acids is 2. The van der Waals surface area contributed by atoms with Crippen molar-refractivity contribution in [3.05, 3.63) is 35.4 Å². The zero-order valence-corrected chi connectivity index (χ0v) is 20.3. The van der Waals surface area contributed by atoms with Gasteiger partial charge in [0.25, 0.3) is 0 Å². The van der Waals surface area contributed by atoms with Crippen LogP contribution in [0.4, 0.5) is 0 Å². The van der Waals surface area contributed by atoms with E-state index < -0.39 is 34.9 Å². The van der Waals surface area contributed by atoms with Gasteiger partial charge >= 0.3 is 94.9 Å². The van der Waals surface area contributed by atoms with Crippen molar-refractivity contribution in [3.8, 4) is 23.0 Å². The number of carbonyl (C=O) groups excluding carboxylic acids is 2. The second-order valence-electron chi connectivity index (χ2n) is 4.24. The minimum Gasteiger partial charge on any atom is -0.873 e. The average molecular weight is 607 g/mol. The maximum atomic E-state index is 10.8. The summed E-state index contributed by atoms with van der Waals surface area (Å²) >= 11 is 7.30. The summed E-state index contributed by atoms with van der Waals surface area (Å²) in [5.74, 6) is -5.97. The first-order chi connectivity index (χ1) is 11.0. The van der Waals surface area contributed by atoms with Gasteiger partial charge in [0.05, 0.1) is 11.9 Å². The van der Waals surface area contributed by atoms with Crippen molar-refractivity contribution >= 4 is 82.7 Å². The van der Waals surface area contributed by atoms with Crippen molar-refractivity contribution in [1.29, 1.82) is 0 Å². The molecule has 0 fully saturated rings. The van der Waals surface area contributed by atoms with E-state index in [9.17, 15) is 35.1 Å². The number of benzene rings is 2. The minimum atomic E-state index is -1.50. The molecule has 0 spiro atoms. The number of phenols is 1. The van der Waals surface area contributed by atoms with Gasteiger partial charge in [0.15, 0.2) is 0 Å². The zero-order chi connectivity index (χ0) is 18.6. The molecular formula is C14H7EuO8S2Sr. The number of aromatic carboxylic acids is 2. The molecule has 0 aliphatic carbocycles. The van der Waals surface area contributed by atoms with Gasteiger partial charge in [-0.15, -0.1) is 36.8 Å². The number of carboxylic acid groups (broad SMARTS) is 2. The van der Waals surface area contributed by atoms with Crippen molar-refractivity contribution < 1.29 is 89.6 Å². The van der Waals surface area contributed by atoms with E-state index in [0.29, 0.717) is 0 Å². The Morgan fingerprint density at radius 3 is 1.54 bits per heavy atom. The van der Waals surface area contributed by atoms with Gasteiger partial charge in [-0.3, -0.25) is 0 Å². The summed E-state index contributed by atoms with van der Waals surface area (Å²) in [4.78, 5) is 20.2. The van der Waals surface area contributed by atoms with E-state index in [0.717, 1.165) is 24.3 Å². The normalized spacial score (nSPS) is 9.00. The average Bonchev–Trinajstić information content (AvgIpc) is 2.49. The fourth-order valence-corrected chi connectivity index (χ4v) is 1.92. The van der Waals surface area contributed by atoms with E-state index in [4.69, 9.17) is 5.11 Å². The molecule has 0 saturated heterocycles. The van der Waals surface area contributed by atoms with Crippen molar-refractivity contribution in [2.24, 2.45) is 0 Å². The monoisotopic (exact) mass is 608 g/mol. The molecule has 8 nitrogen and oxygen atoms in total. The first-order valence-corrected chi connectivity index (χ1v) is 6.80. The Labute approximate surface area is 236 Å². The number of aromatic hydroxyl groups is 1. The maximum absolute atomic E-state index is 10.8. The Bertz CT molecular complexity index is 702. The standard InChI is InChI=1S/2C7H6O4S.Eu.Sr/c2*8-4-1-3(7(10)11)2-5(12)6(4)9;;/h2*1-2,8-9,12H,(H,10,11);;/q;;+3;+2/p-5. The Morgan fingerprint density at radius 2 is 1.19 bits per heavy atom. The second-order valence-corrected chi connectivity index (χ2v) is 5.20. The SMILES string of the molecule is O=C([O-])c1cc(O)c([O-])c(S)c1.O=C([O-])c1cc([O-])c([O-])c(S)c1.[Eu+3].[Sr+2]. The van der Waals surface area contributed by atoms with Gasteiger partial charge in [0.2, 0.25) is 0 Å². The first kappa shape index (κ1) is 28.6. The van der Waals surface area contributed by atoms with E-state index in [1.807, 2.05) is 0 Å². The van der Waals surface area contributed by atoms with Gasteiger partial charge in [0.1, 0.15) is 5.75 Å². The Kier molecular flexibility index (Phi) is 14.0. The molecular weight excluding hydrogens is 600 g/mol. The summed E-state index contributed by atoms with van der Waals surface area (Å²) in [6.07, 6.45) is 0. The number of phenolic OH excluding ortho intramolecular Hbond substituents is 1. The third kappa shape index (κ3) is 8.15. The Hall–Kier alpha value is 0.345. The van der Waals surface area contributed by atoms with Crippen LogP contribution >= 0.6 is 25.3 Å². The summed E-state index contributed by atoms with van der Waals surface area (Å²) in [6, 6.07) is 3.57. The topological polar surface area (TPSA) is 170 Å². The van der Waals surface area contributed by atoms with Crippen LogP contribution in [0.2, 0.25) is 0 Å². The van der Waals surface area contributed by atoms with Crippen LogP contribution in [0.5, 0.6) is 23.0 Å². The van der Waals surface area contributed by atoms with Crippen molar-refractivity contribution in [1.82, 2.24) is 0 Å². The van der Waals surface area contributed by atoms with Crippen LogP contribution in [-0.4, -0.2) is 62.5 Å². The molecule has 0 aromatic heterocycles. The molecule has 0 radical (unpaired) electrons. The molecule has 0 atom stereocenters. The Morgan fingerprint density at radius 1 is 0.808 bits per heavy atom. The third-order valence-electron chi connectivity index (χ3n) is 2.56. The van der Waals surface area contributed by atoms with E-state index in [-0.39, 0.29) is 116 Å². The molecule has 0 aliphatic heterocycles. The molecule has 12 heteroatoms. The fourth-order valence-electron chi connectivity index (χ4n) is 1.42. The zero-order valence-electron chi connectivity index (χ0n) is 12.6. The summed E-state index contributed by atoms with van der Waals surface area (Å²) in [5.41, 5.74) is -0.596. The molecule has 26 heavy (non-hydrogen) atoms. The van der Waals surface area contributed by atoms with Crippen LogP contribution in [0, 0.1) is 49.4 Å². The van der Waals surface area contributed by atoms with Crippen LogP contribution in [0.25, 0.3) is 0 Å². The summed E-state index contributed by atoms with van der Waals surface area (Å²) in [5, 5.41) is 61.6. The molecule has 0 heterocycles. The molecule has 132 valence electrons. The number of carbonyl (C=O) groups is 2. The molecule has 2 rings (SSSR count). The van der Waals surface area contributed by atoms with Crippen molar-refractivity contribution in [2.75, 3.05) is 0 Å². The quantitative estimate of drug-likeness (QED) is 0.244. The Balaban J connectivity index is 0. The van der Waals surface area contributed by atoms with Gasteiger partial charge < -0.3 is 40.2 Å². The summed E-state index contributed by atoms with van der Waals surface area (Å²) in [6.45, 7) is 0. The second kappa shape index (κ2) is 12.7. The number of hydrogen-bond donors (Lipinski definition) is 3. The van der Waals surface area contributed by atoms with E-state index in [1.165, 1.54) is 0 Å². The van der Waals surface area contributed by atoms with Gasteiger partial charge in [-0.2, -0.15) is 0 Å². The first-order valence-electron chi connectivity index (χ1n) is 5.91. The van der Waals surface area contributed by atoms with Gasteiger partial charge in [0, 0.05) is 10.5 Å². The number of thiol groups is 2. The smallest absolute Gasteiger partial charge is 0.873 e. The molecule has 0 amide bonds. The third-order valence-corrected chi connectivity index (χ3v) is 3.22. The van der Waals surface area contributed by atoms with Gasteiger partial charge in [-0.05, 0) is 28.7 Å². The minimum absolute atomic E-state index is 0. The van der Waals surface area contributed by atoms with E-state index in [1.54, 1.807) is 0 Å². The summed E-state index contributed by atoms with van der Waals surface area (Å²) in [7, 11) is 0. The van der Waals surface area contributed by atoms with E-state index in [2.05, 4.69) is 25.3 Å². The van der Waals surface area contributed by atoms with Gasteiger partial charge in [-0.1, -0.05) is 11.8 Å². The summed E-state index contributed by atoms with van der Waals surface area (Å²) < 4.78 is 0. The molecule has 2 aromatic carbocycles. The fraction of sp³-hybridized carbons (Fsp3) is 0. The molecule has 0 aliphatic rings. The van der Waals surface area contributed by atoms with Crippen LogP contribution in [0.1, 0.15) is 20.7 Å². The number of rotatable bonds is 2. The predicted molar refractivity (Wildman–Crippen MR) is 81.8 cm³/mol. The molecule has 0 saturated carbocycles. The predicted octanol–water partition coefficient (Wildman–Crippen LogP) is -2.78. The molecule has 0 unspecified atom stereocenters. The van der Waals surface area contributed by atoms with Crippen LogP contribution in [0.3, 0.4) is 0 Å². The maximum Gasteiger partial charge on any atom is 3.00 e. The van der Waals surface area contributed by atoms with E-state index >= 15 is 0 Å². The molecule has 0 bridgehead atoms. The molecule has 2 aromatic rings. The van der Waals surface area contributed by atoms with Gasteiger partial charge in [-0.25, -0.2) is 0 Å². The van der Waals surface area contributed by atoms with Crippen LogP contribution in [-0.2, 0) is 0 Å². The molecule has 1 N–H and O–H groups in total. The van der Waals surface area contributed by atoms with Crippen LogP contribution < -0.4 is 25.5 Å².